The Morgan fingerprint density at radius 2 is 1.94 bits per heavy atom. The van der Waals surface area contributed by atoms with Gasteiger partial charge in [-0.05, 0) is 30.5 Å². The molecule has 2 N–H and O–H groups in total. The Kier molecular flexibility index (Phi) is 4.99. The first-order chi connectivity index (χ1) is 7.71. The number of benzene rings is 1. The molecule has 0 aliphatic carbocycles. The van der Waals surface area contributed by atoms with Gasteiger partial charge in [-0.1, -0.05) is 26.0 Å². The molecule has 1 amide bonds. The Morgan fingerprint density at radius 3 is 2.38 bits per heavy atom. The number of nitrogens with one attached hydrogen (secondary N) is 1. The smallest absolute Gasteiger partial charge is 0.251 e. The quantitative estimate of drug-likeness (QED) is 0.795. The summed E-state index contributed by atoms with van der Waals surface area (Å²) in [6, 6.07) is 7.39. The van der Waals surface area contributed by atoms with E-state index in [1.54, 1.807) is 0 Å². The second-order valence-corrected chi connectivity index (χ2v) is 3.81. The van der Waals surface area contributed by atoms with E-state index in [0.717, 1.165) is 12.8 Å². The average molecular weight is 221 g/mol. The molecule has 16 heavy (non-hydrogen) atoms. The zero-order valence-electron chi connectivity index (χ0n) is 9.86. The minimum atomic E-state index is -0.154. The highest BCUT2D eigenvalue weighted by atomic mass is 16.3. The van der Waals surface area contributed by atoms with Crippen molar-refractivity contribution < 1.29 is 9.90 Å². The Balaban J connectivity index is 2.65. The normalized spacial score (nSPS) is 12.2. The summed E-state index contributed by atoms with van der Waals surface area (Å²) in [7, 11) is 0. The van der Waals surface area contributed by atoms with E-state index < -0.39 is 0 Å². The topological polar surface area (TPSA) is 49.3 Å². The van der Waals surface area contributed by atoms with Gasteiger partial charge in [-0.25, -0.2) is 0 Å². The first-order valence-corrected chi connectivity index (χ1v) is 5.71. The van der Waals surface area contributed by atoms with Crippen LogP contribution in [0.25, 0.3) is 0 Å². The molecule has 0 aliphatic heterocycles. The van der Waals surface area contributed by atoms with E-state index in [2.05, 4.69) is 12.2 Å². The number of aliphatic hydroxyl groups excluding tert-OH is 1. The zero-order chi connectivity index (χ0) is 12.0. The molecule has 0 saturated heterocycles. The molecule has 0 heterocycles. The summed E-state index contributed by atoms with van der Waals surface area (Å²) >= 11 is 0. The van der Waals surface area contributed by atoms with Crippen LogP contribution in [0.3, 0.4) is 0 Å². The lowest BCUT2D eigenvalue weighted by molar-refractivity contribution is 0.0915. The van der Waals surface area contributed by atoms with E-state index in [1.165, 1.54) is 5.56 Å². The van der Waals surface area contributed by atoms with Crippen molar-refractivity contribution in [3.05, 3.63) is 35.4 Å². The Bertz CT molecular complexity index is 328. The first-order valence-electron chi connectivity index (χ1n) is 5.71. The fourth-order valence-electron chi connectivity index (χ4n) is 1.44. The zero-order valence-corrected chi connectivity index (χ0v) is 9.86. The van der Waals surface area contributed by atoms with Crippen LogP contribution in [0.4, 0.5) is 0 Å². The minimum Gasteiger partial charge on any atom is -0.394 e. The standard InChI is InChI=1S/C13H19NO2/c1-3-10-5-7-11(8-6-10)13(16)14-12(4-2)9-15/h5-8,12,15H,3-4,9H2,1-2H3,(H,14,16)/t12-/m1/s1. The number of rotatable bonds is 5. The molecule has 0 bridgehead atoms. The molecule has 88 valence electrons. The van der Waals surface area contributed by atoms with Gasteiger partial charge < -0.3 is 10.4 Å². The van der Waals surface area contributed by atoms with Gasteiger partial charge in [-0.2, -0.15) is 0 Å². The summed E-state index contributed by atoms with van der Waals surface area (Å²) in [6.45, 7) is 3.99. The van der Waals surface area contributed by atoms with Gasteiger partial charge in [0.2, 0.25) is 0 Å². The van der Waals surface area contributed by atoms with E-state index in [1.807, 2.05) is 31.2 Å². The van der Waals surface area contributed by atoms with Crippen molar-refractivity contribution in [2.45, 2.75) is 32.7 Å². The van der Waals surface area contributed by atoms with Gasteiger partial charge in [0.05, 0.1) is 12.6 Å². The van der Waals surface area contributed by atoms with E-state index in [4.69, 9.17) is 5.11 Å². The van der Waals surface area contributed by atoms with E-state index >= 15 is 0 Å². The van der Waals surface area contributed by atoms with Crippen molar-refractivity contribution in [1.82, 2.24) is 5.32 Å². The number of hydrogen-bond donors (Lipinski definition) is 2. The largest absolute Gasteiger partial charge is 0.394 e. The van der Waals surface area contributed by atoms with Crippen LogP contribution in [0.2, 0.25) is 0 Å². The predicted molar refractivity (Wildman–Crippen MR) is 64.5 cm³/mol. The molecule has 1 aromatic rings. The van der Waals surface area contributed by atoms with Crippen molar-refractivity contribution >= 4 is 5.91 Å². The second-order valence-electron chi connectivity index (χ2n) is 3.81. The van der Waals surface area contributed by atoms with Crippen molar-refractivity contribution in [3.8, 4) is 0 Å². The molecule has 0 aliphatic rings. The monoisotopic (exact) mass is 221 g/mol. The summed E-state index contributed by atoms with van der Waals surface area (Å²) < 4.78 is 0. The molecule has 1 atom stereocenters. The molecule has 0 radical (unpaired) electrons. The second kappa shape index (κ2) is 6.28. The number of aryl methyl sites for hydroxylation is 1. The van der Waals surface area contributed by atoms with Crippen LogP contribution >= 0.6 is 0 Å². The summed E-state index contributed by atoms with van der Waals surface area (Å²) in [4.78, 5) is 11.8. The van der Waals surface area contributed by atoms with Crippen LogP contribution < -0.4 is 5.32 Å². The van der Waals surface area contributed by atoms with E-state index in [0.29, 0.717) is 5.56 Å². The van der Waals surface area contributed by atoms with Crippen LogP contribution in [0, 0.1) is 0 Å². The van der Waals surface area contributed by atoms with Crippen molar-refractivity contribution in [1.29, 1.82) is 0 Å². The Labute approximate surface area is 96.5 Å². The highest BCUT2D eigenvalue weighted by Gasteiger charge is 2.10. The number of aliphatic hydroxyl groups is 1. The molecular weight excluding hydrogens is 202 g/mol. The first kappa shape index (κ1) is 12.7. The highest BCUT2D eigenvalue weighted by Crippen LogP contribution is 2.05. The van der Waals surface area contributed by atoms with Gasteiger partial charge in [-0.15, -0.1) is 0 Å². The van der Waals surface area contributed by atoms with E-state index in [-0.39, 0.29) is 18.6 Å². The maximum Gasteiger partial charge on any atom is 0.251 e. The maximum atomic E-state index is 11.8. The van der Waals surface area contributed by atoms with Gasteiger partial charge in [0.25, 0.3) is 5.91 Å². The lowest BCUT2D eigenvalue weighted by Crippen LogP contribution is -2.36. The molecule has 1 aromatic carbocycles. The molecule has 0 saturated carbocycles. The predicted octanol–water partition coefficient (Wildman–Crippen LogP) is 1.75. The fourth-order valence-corrected chi connectivity index (χ4v) is 1.44. The lowest BCUT2D eigenvalue weighted by atomic mass is 10.1. The number of carbonyl (C=O) groups excluding carboxylic acids is 1. The molecule has 3 nitrogen and oxygen atoms in total. The molecule has 1 rings (SSSR count). The number of carbonyl (C=O) groups is 1. The minimum absolute atomic E-state index is 0.0186. The van der Waals surface area contributed by atoms with Crippen LogP contribution in [0.5, 0.6) is 0 Å². The van der Waals surface area contributed by atoms with Crippen molar-refractivity contribution in [3.63, 3.8) is 0 Å². The Hall–Kier alpha value is -1.35. The molecular formula is C13H19NO2. The van der Waals surface area contributed by atoms with Crippen LogP contribution in [0.15, 0.2) is 24.3 Å². The van der Waals surface area contributed by atoms with Gasteiger partial charge in [0, 0.05) is 5.56 Å². The van der Waals surface area contributed by atoms with Gasteiger partial charge in [-0.3, -0.25) is 4.79 Å². The van der Waals surface area contributed by atoms with Crippen molar-refractivity contribution in [2.24, 2.45) is 0 Å². The third-order valence-electron chi connectivity index (χ3n) is 2.67. The SMILES string of the molecule is CCc1ccc(C(=O)N[C@H](CC)CO)cc1. The molecule has 0 fully saturated rings. The third kappa shape index (κ3) is 3.35. The van der Waals surface area contributed by atoms with Gasteiger partial charge in [0.15, 0.2) is 0 Å². The number of hydrogen-bond acceptors (Lipinski definition) is 2. The summed E-state index contributed by atoms with van der Waals surface area (Å²) in [5.41, 5.74) is 1.86. The Morgan fingerprint density at radius 1 is 1.31 bits per heavy atom. The lowest BCUT2D eigenvalue weighted by Gasteiger charge is -2.13. The highest BCUT2D eigenvalue weighted by molar-refractivity contribution is 5.94. The molecule has 0 aromatic heterocycles. The summed E-state index contributed by atoms with van der Waals surface area (Å²) in [6.07, 6.45) is 1.70. The fraction of sp³-hybridized carbons (Fsp3) is 0.462. The van der Waals surface area contributed by atoms with E-state index in [9.17, 15) is 4.79 Å². The third-order valence-corrected chi connectivity index (χ3v) is 2.67. The number of amides is 1. The average Bonchev–Trinajstić information content (AvgIpc) is 2.35. The summed E-state index contributed by atoms with van der Waals surface area (Å²) in [5, 5.41) is 11.8. The maximum absolute atomic E-state index is 11.8. The van der Waals surface area contributed by atoms with Crippen molar-refractivity contribution in [2.75, 3.05) is 6.61 Å². The van der Waals surface area contributed by atoms with Crippen LogP contribution in [0.1, 0.15) is 36.2 Å². The molecule has 0 spiro atoms. The van der Waals surface area contributed by atoms with Crippen LogP contribution in [-0.4, -0.2) is 23.7 Å². The summed E-state index contributed by atoms with van der Waals surface area (Å²) in [5.74, 6) is -0.122. The molecule has 0 unspecified atom stereocenters. The molecule has 3 heteroatoms. The van der Waals surface area contributed by atoms with Gasteiger partial charge in [0.1, 0.15) is 0 Å². The van der Waals surface area contributed by atoms with Crippen LogP contribution in [-0.2, 0) is 6.42 Å². The van der Waals surface area contributed by atoms with Gasteiger partial charge >= 0.3 is 0 Å².